The molecule has 4 heterocycles. The lowest BCUT2D eigenvalue weighted by Crippen LogP contribution is -2.49. The highest BCUT2D eigenvalue weighted by Crippen LogP contribution is 2.29. The quantitative estimate of drug-likeness (QED) is 0.842. The highest BCUT2D eigenvalue weighted by atomic mass is 16.2. The fourth-order valence-corrected chi connectivity index (χ4v) is 4.72. The summed E-state index contributed by atoms with van der Waals surface area (Å²) in [6.45, 7) is 9.67. The molecular formula is C22H31N5O2. The molecule has 0 radical (unpaired) electrons. The van der Waals surface area contributed by atoms with Crippen molar-refractivity contribution in [1.29, 1.82) is 0 Å². The molecule has 2 fully saturated rings. The normalized spacial score (nSPS) is 23.8. The molecule has 7 nitrogen and oxygen atoms in total. The van der Waals surface area contributed by atoms with Crippen molar-refractivity contribution < 1.29 is 9.59 Å². The molecule has 2 aromatic rings. The number of urea groups is 1. The minimum absolute atomic E-state index is 0.221. The van der Waals surface area contributed by atoms with E-state index >= 15 is 0 Å². The van der Waals surface area contributed by atoms with E-state index in [1.807, 2.05) is 6.20 Å². The number of carbonyl (C=O) groups excluding carboxylic acids is 2. The van der Waals surface area contributed by atoms with Crippen LogP contribution in [0.25, 0.3) is 5.52 Å². The number of likely N-dealkylation sites (tertiary alicyclic amines) is 1. The van der Waals surface area contributed by atoms with Crippen molar-refractivity contribution in [3.8, 4) is 0 Å². The smallest absolute Gasteiger partial charge is 0.300 e. The Hall–Kier alpha value is -2.41. The maximum atomic E-state index is 12.2. The van der Waals surface area contributed by atoms with Gasteiger partial charge in [0, 0.05) is 31.7 Å². The molecule has 4 rings (SSSR count). The van der Waals surface area contributed by atoms with Gasteiger partial charge in [0.2, 0.25) is 5.91 Å². The van der Waals surface area contributed by atoms with E-state index in [1.54, 1.807) is 15.6 Å². The Morgan fingerprint density at radius 3 is 2.83 bits per heavy atom. The van der Waals surface area contributed by atoms with Crippen molar-refractivity contribution in [2.24, 2.45) is 11.8 Å². The van der Waals surface area contributed by atoms with Crippen molar-refractivity contribution in [2.75, 3.05) is 24.5 Å². The predicted octanol–water partition coefficient (Wildman–Crippen LogP) is 3.08. The van der Waals surface area contributed by atoms with Crippen molar-refractivity contribution in [1.82, 2.24) is 19.8 Å². The number of piperidine rings is 1. The Bertz CT molecular complexity index is 906. The second-order valence-electron chi connectivity index (χ2n) is 8.98. The van der Waals surface area contributed by atoms with E-state index in [1.165, 1.54) is 31.5 Å². The van der Waals surface area contributed by atoms with Crippen molar-refractivity contribution in [2.45, 2.75) is 52.5 Å². The molecule has 0 aliphatic carbocycles. The van der Waals surface area contributed by atoms with Gasteiger partial charge in [0.05, 0.1) is 17.4 Å². The third-order valence-corrected chi connectivity index (χ3v) is 6.16. The number of rotatable bonds is 5. The zero-order valence-electron chi connectivity index (χ0n) is 17.6. The van der Waals surface area contributed by atoms with Gasteiger partial charge < -0.3 is 4.90 Å². The number of carbonyl (C=O) groups is 2. The minimum Gasteiger partial charge on any atom is -0.300 e. The summed E-state index contributed by atoms with van der Waals surface area (Å²) in [4.78, 5) is 27.9. The van der Waals surface area contributed by atoms with Crippen molar-refractivity contribution in [3.63, 3.8) is 0 Å². The number of amides is 3. The first-order chi connectivity index (χ1) is 13.9. The predicted molar refractivity (Wildman–Crippen MR) is 113 cm³/mol. The fourth-order valence-electron chi connectivity index (χ4n) is 4.72. The summed E-state index contributed by atoms with van der Waals surface area (Å²) in [5, 5.41) is 6.78. The number of hydrogen-bond donors (Lipinski definition) is 1. The maximum absolute atomic E-state index is 12.2. The van der Waals surface area contributed by atoms with E-state index in [0.29, 0.717) is 30.8 Å². The van der Waals surface area contributed by atoms with Gasteiger partial charge in [-0.1, -0.05) is 13.8 Å². The first-order valence-corrected chi connectivity index (χ1v) is 10.7. The maximum Gasteiger partial charge on any atom is 0.328 e. The summed E-state index contributed by atoms with van der Waals surface area (Å²) in [6.07, 6.45) is 7.49. The van der Waals surface area contributed by atoms with Crippen LogP contribution < -0.4 is 10.2 Å². The molecule has 2 saturated heterocycles. The molecule has 3 amide bonds. The largest absolute Gasteiger partial charge is 0.328 e. The molecule has 0 bridgehead atoms. The summed E-state index contributed by atoms with van der Waals surface area (Å²) in [5.74, 6) is 1.17. The Balaban J connectivity index is 1.48. The SMILES string of the molecule is CC(C)CN1CC[C@H](Cc2ccn3ncc(N4CCC(=O)NC4=O)c3c2)C[C@@H]1C. The number of anilines is 1. The molecule has 7 heteroatoms. The number of imide groups is 1. The lowest BCUT2D eigenvalue weighted by molar-refractivity contribution is -0.120. The molecule has 0 aromatic carbocycles. The van der Waals surface area contributed by atoms with Gasteiger partial charge in [0.15, 0.2) is 0 Å². The second kappa shape index (κ2) is 8.14. The van der Waals surface area contributed by atoms with Crippen LogP contribution in [0.1, 0.15) is 45.6 Å². The number of pyridine rings is 1. The molecule has 2 aliphatic heterocycles. The van der Waals surface area contributed by atoms with Crippen LogP contribution >= 0.6 is 0 Å². The van der Waals surface area contributed by atoms with E-state index in [9.17, 15) is 9.59 Å². The summed E-state index contributed by atoms with van der Waals surface area (Å²) in [7, 11) is 0. The van der Waals surface area contributed by atoms with Crippen LogP contribution in [0.5, 0.6) is 0 Å². The molecule has 29 heavy (non-hydrogen) atoms. The molecule has 0 unspecified atom stereocenters. The van der Waals surface area contributed by atoms with Crippen molar-refractivity contribution in [3.05, 3.63) is 30.1 Å². The monoisotopic (exact) mass is 397 g/mol. The standard InChI is InChI=1S/C22H31N5O2/c1-15(2)14-25-7-4-17(10-16(25)3)11-18-5-9-27-19(12-18)20(13-23-27)26-8-6-21(28)24-22(26)29/h5,9,12-13,15-17H,4,6-8,10-11,14H2,1-3H3,(H,24,28,29)/t16-,17-/m0/s1. The Labute approximate surface area is 172 Å². The van der Waals surface area contributed by atoms with Crippen LogP contribution in [0.3, 0.4) is 0 Å². The summed E-state index contributed by atoms with van der Waals surface area (Å²) in [6, 6.07) is 4.54. The third kappa shape index (κ3) is 4.29. The highest BCUT2D eigenvalue weighted by Gasteiger charge is 2.28. The fraction of sp³-hybridized carbons (Fsp3) is 0.591. The molecule has 156 valence electrons. The van der Waals surface area contributed by atoms with Gasteiger partial charge in [0.1, 0.15) is 0 Å². The Kier molecular flexibility index (Phi) is 5.58. The first-order valence-electron chi connectivity index (χ1n) is 10.7. The van der Waals surface area contributed by atoms with E-state index in [4.69, 9.17) is 0 Å². The molecular weight excluding hydrogens is 366 g/mol. The van der Waals surface area contributed by atoms with Gasteiger partial charge in [-0.15, -0.1) is 0 Å². The Morgan fingerprint density at radius 1 is 1.28 bits per heavy atom. The lowest BCUT2D eigenvalue weighted by Gasteiger charge is -2.38. The molecule has 0 spiro atoms. The first kappa shape index (κ1) is 19.9. The van der Waals surface area contributed by atoms with Crippen LogP contribution in [-0.4, -0.2) is 52.1 Å². The average Bonchev–Trinajstić information content (AvgIpc) is 3.07. The van der Waals surface area contributed by atoms with Gasteiger partial charge in [0.25, 0.3) is 0 Å². The topological polar surface area (TPSA) is 70.0 Å². The minimum atomic E-state index is -0.368. The van der Waals surface area contributed by atoms with Crippen molar-refractivity contribution >= 4 is 23.1 Å². The van der Waals surface area contributed by atoms with Gasteiger partial charge >= 0.3 is 6.03 Å². The van der Waals surface area contributed by atoms with Crippen LogP contribution in [0.4, 0.5) is 10.5 Å². The summed E-state index contributed by atoms with van der Waals surface area (Å²) >= 11 is 0. The van der Waals surface area contributed by atoms with E-state index in [2.05, 4.69) is 48.2 Å². The van der Waals surface area contributed by atoms with Gasteiger partial charge in [-0.25, -0.2) is 9.31 Å². The average molecular weight is 398 g/mol. The molecule has 0 saturated carbocycles. The molecule has 1 N–H and O–H groups in total. The number of nitrogens with zero attached hydrogens (tertiary/aromatic N) is 4. The van der Waals surface area contributed by atoms with E-state index < -0.39 is 0 Å². The zero-order chi connectivity index (χ0) is 20.5. The molecule has 2 aliphatic rings. The number of hydrogen-bond acceptors (Lipinski definition) is 4. The highest BCUT2D eigenvalue weighted by molar-refractivity contribution is 6.07. The van der Waals surface area contributed by atoms with Gasteiger partial charge in [-0.05, 0) is 62.3 Å². The number of fused-ring (bicyclic) bond motifs is 1. The van der Waals surface area contributed by atoms with Gasteiger partial charge in [-0.3, -0.25) is 15.0 Å². The zero-order valence-corrected chi connectivity index (χ0v) is 17.6. The second-order valence-corrected chi connectivity index (χ2v) is 8.98. The van der Waals surface area contributed by atoms with E-state index in [0.717, 1.165) is 17.6 Å². The van der Waals surface area contributed by atoms with Crippen LogP contribution in [0.15, 0.2) is 24.5 Å². The summed E-state index contributed by atoms with van der Waals surface area (Å²) < 4.78 is 1.80. The van der Waals surface area contributed by atoms with Crippen LogP contribution in [-0.2, 0) is 11.2 Å². The summed E-state index contributed by atoms with van der Waals surface area (Å²) in [5.41, 5.74) is 2.96. The van der Waals surface area contributed by atoms with E-state index in [-0.39, 0.29) is 11.9 Å². The molecule has 2 atom stereocenters. The number of nitrogens with one attached hydrogen (secondary N) is 1. The van der Waals surface area contributed by atoms with Crippen LogP contribution in [0, 0.1) is 11.8 Å². The third-order valence-electron chi connectivity index (χ3n) is 6.16. The molecule has 2 aromatic heterocycles. The Morgan fingerprint density at radius 2 is 2.10 bits per heavy atom. The lowest BCUT2D eigenvalue weighted by atomic mass is 9.86. The van der Waals surface area contributed by atoms with Crippen LogP contribution in [0.2, 0.25) is 0 Å². The van der Waals surface area contributed by atoms with Gasteiger partial charge in [-0.2, -0.15) is 5.10 Å². The number of aromatic nitrogens is 2.